The van der Waals surface area contributed by atoms with Gasteiger partial charge in [-0.2, -0.15) is 0 Å². The molecule has 6 heteroatoms. The fourth-order valence-electron chi connectivity index (χ4n) is 3.93. The van der Waals surface area contributed by atoms with Crippen LogP contribution >= 0.6 is 0 Å². The summed E-state index contributed by atoms with van der Waals surface area (Å²) in [7, 11) is 0. The first-order valence-corrected chi connectivity index (χ1v) is 11.4. The van der Waals surface area contributed by atoms with Crippen molar-refractivity contribution in [2.75, 3.05) is 32.8 Å². The average molecular weight is 436 g/mol. The quantitative estimate of drug-likeness (QED) is 0.397. The molecule has 0 bridgehead atoms. The largest absolute Gasteiger partial charge is 0.382 e. The highest BCUT2D eigenvalue weighted by molar-refractivity contribution is 6.35. The summed E-state index contributed by atoms with van der Waals surface area (Å²) in [5, 5.41) is 0. The van der Waals surface area contributed by atoms with Gasteiger partial charge in [-0.3, -0.25) is 19.5 Å². The number of ether oxygens (including phenoxy) is 1. The van der Waals surface area contributed by atoms with Crippen molar-refractivity contribution < 1.29 is 14.3 Å². The number of hydrogen-bond acceptors (Lipinski definition) is 5. The molecule has 1 aromatic carbocycles. The van der Waals surface area contributed by atoms with Crippen molar-refractivity contribution in [1.82, 2.24) is 14.8 Å². The van der Waals surface area contributed by atoms with Crippen molar-refractivity contribution >= 4 is 17.4 Å². The highest BCUT2D eigenvalue weighted by Gasteiger charge is 2.40. The van der Waals surface area contributed by atoms with Gasteiger partial charge >= 0.3 is 0 Å². The van der Waals surface area contributed by atoms with E-state index in [4.69, 9.17) is 4.74 Å². The van der Waals surface area contributed by atoms with Gasteiger partial charge in [0.2, 0.25) is 0 Å². The van der Waals surface area contributed by atoms with E-state index in [1.54, 1.807) is 12.4 Å². The Morgan fingerprint density at radius 3 is 2.41 bits per heavy atom. The molecule has 1 aliphatic heterocycles. The smallest absolute Gasteiger partial charge is 0.277 e. The zero-order valence-corrected chi connectivity index (χ0v) is 19.6. The lowest BCUT2D eigenvalue weighted by Crippen LogP contribution is -2.36. The molecular formula is C26H33N3O3. The van der Waals surface area contributed by atoms with Crippen LogP contribution in [-0.2, 0) is 20.7 Å². The molecular weight excluding hydrogens is 402 g/mol. The number of likely N-dealkylation sites (N-methyl/N-ethyl adjacent to an activating group) is 1. The standard InChI is InChI=1S/C26H33N3O3/c1-5-28(16-12-21-10-13-27-14-11-21)24-23(22-9-8-19(3)20(4)18-22)25(30)29(26(24)31)15-7-17-32-6-2/h8-11,13-14,18H,5-7,12,15-17H2,1-4H3. The molecule has 32 heavy (non-hydrogen) atoms. The molecule has 2 heterocycles. The first-order chi connectivity index (χ1) is 15.5. The summed E-state index contributed by atoms with van der Waals surface area (Å²) in [6, 6.07) is 9.93. The Kier molecular flexibility index (Phi) is 8.17. The van der Waals surface area contributed by atoms with E-state index in [1.807, 2.05) is 62.9 Å². The van der Waals surface area contributed by atoms with Gasteiger partial charge in [-0.25, -0.2) is 0 Å². The van der Waals surface area contributed by atoms with Gasteiger partial charge < -0.3 is 9.64 Å². The molecule has 3 rings (SSSR count). The average Bonchev–Trinajstić information content (AvgIpc) is 3.04. The van der Waals surface area contributed by atoms with E-state index < -0.39 is 0 Å². The number of benzene rings is 1. The van der Waals surface area contributed by atoms with E-state index in [9.17, 15) is 9.59 Å². The highest BCUT2D eigenvalue weighted by Crippen LogP contribution is 2.32. The molecule has 2 aromatic rings. The molecule has 0 spiro atoms. The van der Waals surface area contributed by atoms with Crippen molar-refractivity contribution in [3.05, 3.63) is 70.7 Å². The van der Waals surface area contributed by atoms with Gasteiger partial charge in [0.1, 0.15) is 5.70 Å². The number of amides is 2. The van der Waals surface area contributed by atoms with Crippen LogP contribution in [0, 0.1) is 13.8 Å². The number of imide groups is 1. The molecule has 0 fully saturated rings. The minimum Gasteiger partial charge on any atom is -0.382 e. The number of hydrogen-bond donors (Lipinski definition) is 0. The predicted octanol–water partition coefficient (Wildman–Crippen LogP) is 3.77. The summed E-state index contributed by atoms with van der Waals surface area (Å²) in [6.07, 6.45) is 4.94. The van der Waals surface area contributed by atoms with Crippen LogP contribution in [0.3, 0.4) is 0 Å². The molecule has 0 atom stereocenters. The molecule has 6 nitrogen and oxygen atoms in total. The van der Waals surface area contributed by atoms with Crippen LogP contribution in [0.4, 0.5) is 0 Å². The van der Waals surface area contributed by atoms with E-state index in [0.29, 0.717) is 50.5 Å². The van der Waals surface area contributed by atoms with E-state index in [0.717, 1.165) is 28.7 Å². The molecule has 0 saturated carbocycles. The molecule has 0 unspecified atom stereocenters. The SMILES string of the molecule is CCOCCCN1C(=O)C(c2ccc(C)c(C)c2)=C(N(CC)CCc2ccncc2)C1=O. The monoisotopic (exact) mass is 435 g/mol. The molecule has 0 aliphatic carbocycles. The second-order valence-corrected chi connectivity index (χ2v) is 8.02. The molecule has 170 valence electrons. The van der Waals surface area contributed by atoms with E-state index in [-0.39, 0.29) is 11.8 Å². The van der Waals surface area contributed by atoms with Crippen LogP contribution in [-0.4, -0.2) is 59.4 Å². The molecule has 1 aliphatic rings. The van der Waals surface area contributed by atoms with Gasteiger partial charge in [-0.1, -0.05) is 18.2 Å². The lowest BCUT2D eigenvalue weighted by molar-refractivity contribution is -0.137. The van der Waals surface area contributed by atoms with Crippen LogP contribution in [0.2, 0.25) is 0 Å². The van der Waals surface area contributed by atoms with E-state index in [2.05, 4.69) is 4.98 Å². The number of aromatic nitrogens is 1. The lowest BCUT2D eigenvalue weighted by Gasteiger charge is -2.25. The molecule has 2 amide bonds. The molecule has 0 radical (unpaired) electrons. The minimum atomic E-state index is -0.216. The summed E-state index contributed by atoms with van der Waals surface area (Å²) in [5.74, 6) is -0.427. The fourth-order valence-corrected chi connectivity index (χ4v) is 3.93. The van der Waals surface area contributed by atoms with E-state index in [1.165, 1.54) is 4.90 Å². The topological polar surface area (TPSA) is 62.7 Å². The van der Waals surface area contributed by atoms with Crippen molar-refractivity contribution in [3.63, 3.8) is 0 Å². The first-order valence-electron chi connectivity index (χ1n) is 11.4. The first kappa shape index (κ1) is 23.7. The summed E-state index contributed by atoms with van der Waals surface area (Å²) in [5.41, 5.74) is 5.22. The number of carbonyl (C=O) groups excluding carboxylic acids is 2. The Bertz CT molecular complexity index is 985. The van der Waals surface area contributed by atoms with Crippen LogP contribution in [0.15, 0.2) is 48.4 Å². The van der Waals surface area contributed by atoms with Crippen LogP contribution < -0.4 is 0 Å². The second kappa shape index (κ2) is 11.0. The van der Waals surface area contributed by atoms with Gasteiger partial charge in [0.15, 0.2) is 0 Å². The highest BCUT2D eigenvalue weighted by atomic mass is 16.5. The normalized spacial score (nSPS) is 13.9. The minimum absolute atomic E-state index is 0.212. The number of pyridine rings is 1. The van der Waals surface area contributed by atoms with Gasteiger partial charge in [0.25, 0.3) is 11.8 Å². The Morgan fingerprint density at radius 2 is 1.75 bits per heavy atom. The van der Waals surface area contributed by atoms with Crippen LogP contribution in [0.1, 0.15) is 42.5 Å². The van der Waals surface area contributed by atoms with Gasteiger partial charge in [-0.05, 0) is 74.9 Å². The maximum Gasteiger partial charge on any atom is 0.277 e. The number of carbonyl (C=O) groups is 2. The van der Waals surface area contributed by atoms with Crippen LogP contribution in [0.25, 0.3) is 5.57 Å². The van der Waals surface area contributed by atoms with Crippen LogP contribution in [0.5, 0.6) is 0 Å². The third-order valence-corrected chi connectivity index (χ3v) is 5.93. The zero-order chi connectivity index (χ0) is 23.1. The lowest BCUT2D eigenvalue weighted by atomic mass is 9.99. The number of nitrogens with zero attached hydrogens (tertiary/aromatic N) is 3. The zero-order valence-electron chi connectivity index (χ0n) is 19.6. The maximum absolute atomic E-state index is 13.5. The summed E-state index contributed by atoms with van der Waals surface area (Å²) >= 11 is 0. The molecule has 0 saturated heterocycles. The predicted molar refractivity (Wildman–Crippen MR) is 126 cm³/mol. The van der Waals surface area contributed by atoms with Gasteiger partial charge in [0, 0.05) is 45.2 Å². The van der Waals surface area contributed by atoms with Crippen molar-refractivity contribution in [2.24, 2.45) is 0 Å². The maximum atomic E-state index is 13.5. The third kappa shape index (κ3) is 5.25. The summed E-state index contributed by atoms with van der Waals surface area (Å²) < 4.78 is 5.41. The molecule has 0 N–H and O–H groups in total. The van der Waals surface area contributed by atoms with Gasteiger partial charge in [0.05, 0.1) is 5.57 Å². The summed E-state index contributed by atoms with van der Waals surface area (Å²) in [6.45, 7) is 10.8. The fraction of sp³-hybridized carbons (Fsp3) is 0.423. The number of aryl methyl sites for hydroxylation is 2. The van der Waals surface area contributed by atoms with Gasteiger partial charge in [-0.15, -0.1) is 0 Å². The Labute approximate surface area is 190 Å². The molecule has 1 aromatic heterocycles. The third-order valence-electron chi connectivity index (χ3n) is 5.93. The Balaban J connectivity index is 1.94. The van der Waals surface area contributed by atoms with E-state index >= 15 is 0 Å². The van der Waals surface area contributed by atoms with Crippen molar-refractivity contribution in [2.45, 2.75) is 40.5 Å². The Hall–Kier alpha value is -2.99. The van der Waals surface area contributed by atoms with Crippen molar-refractivity contribution in [1.29, 1.82) is 0 Å². The Morgan fingerprint density at radius 1 is 1.00 bits per heavy atom. The summed E-state index contributed by atoms with van der Waals surface area (Å²) in [4.78, 5) is 34.4. The number of rotatable bonds is 11. The van der Waals surface area contributed by atoms with Crippen molar-refractivity contribution in [3.8, 4) is 0 Å². The second-order valence-electron chi connectivity index (χ2n) is 8.02.